The Bertz CT molecular complexity index is 1050. The number of ether oxygens (including phenoxy) is 1. The predicted molar refractivity (Wildman–Crippen MR) is 125 cm³/mol. The lowest BCUT2D eigenvalue weighted by Gasteiger charge is -2.38. The molecule has 32 heavy (non-hydrogen) atoms. The van der Waals surface area contributed by atoms with E-state index >= 15 is 0 Å². The molecule has 1 aliphatic carbocycles. The Hall–Kier alpha value is -2.90. The summed E-state index contributed by atoms with van der Waals surface area (Å²) in [4.78, 5) is 22.4. The van der Waals surface area contributed by atoms with Crippen LogP contribution in [0, 0.1) is 11.8 Å². The van der Waals surface area contributed by atoms with Crippen LogP contribution >= 0.6 is 0 Å². The Kier molecular flexibility index (Phi) is 5.85. The average molecular weight is 434 g/mol. The highest BCUT2D eigenvalue weighted by Crippen LogP contribution is 2.42. The molecule has 4 atom stereocenters. The summed E-state index contributed by atoms with van der Waals surface area (Å²) in [6.45, 7) is 5.65. The van der Waals surface area contributed by atoms with Crippen molar-refractivity contribution in [2.45, 2.75) is 31.9 Å². The third-order valence-corrected chi connectivity index (χ3v) is 6.86. The first-order chi connectivity index (χ1) is 15.6. The lowest BCUT2D eigenvalue weighted by molar-refractivity contribution is -0.0619. The lowest BCUT2D eigenvalue weighted by atomic mass is 10.1. The number of nitrogens with two attached hydrogens (primary N) is 1. The van der Waals surface area contributed by atoms with Gasteiger partial charge in [0.15, 0.2) is 0 Å². The standard InChI is InChI=1S/C25H31N5O2/c1-16-15-32-23(19-6-7-24(26)28-12-19)14-30(16)13-20-10-17(20)8-9-27-25(31)22-11-18-4-2-3-5-21(18)29-22/h2-7,11-12,16-17,20,23,29H,8-10,13-15H2,1H3,(H2,26,28)(H,27,31)/t16-,17+,20+,23+/m0/s1. The number of hydrogen-bond donors (Lipinski definition) is 3. The Morgan fingerprint density at radius 1 is 1.28 bits per heavy atom. The van der Waals surface area contributed by atoms with Crippen molar-refractivity contribution < 1.29 is 9.53 Å². The number of rotatable bonds is 7. The second kappa shape index (κ2) is 8.92. The number of H-pyrrole nitrogens is 1. The third-order valence-electron chi connectivity index (χ3n) is 6.86. The summed E-state index contributed by atoms with van der Waals surface area (Å²) >= 11 is 0. The topological polar surface area (TPSA) is 96.3 Å². The number of nitrogen functional groups attached to an aromatic ring is 1. The van der Waals surface area contributed by atoms with Gasteiger partial charge in [0.2, 0.25) is 0 Å². The largest absolute Gasteiger partial charge is 0.384 e. The summed E-state index contributed by atoms with van der Waals surface area (Å²) < 4.78 is 6.06. The minimum absolute atomic E-state index is 0.0276. The minimum atomic E-state index is -0.0276. The van der Waals surface area contributed by atoms with Crippen LogP contribution in [-0.2, 0) is 4.74 Å². The van der Waals surface area contributed by atoms with Gasteiger partial charge >= 0.3 is 0 Å². The number of nitrogens with zero attached hydrogens (tertiary/aromatic N) is 2. The zero-order chi connectivity index (χ0) is 22.1. The van der Waals surface area contributed by atoms with E-state index in [1.54, 1.807) is 0 Å². The van der Waals surface area contributed by atoms with Crippen molar-refractivity contribution in [3.63, 3.8) is 0 Å². The molecular formula is C25H31N5O2. The molecule has 2 fully saturated rings. The van der Waals surface area contributed by atoms with Crippen molar-refractivity contribution in [1.29, 1.82) is 0 Å². The fourth-order valence-electron chi connectivity index (χ4n) is 4.72. The van der Waals surface area contributed by atoms with Crippen LogP contribution < -0.4 is 11.1 Å². The summed E-state index contributed by atoms with van der Waals surface area (Å²) in [5.41, 5.74) is 8.42. The maximum Gasteiger partial charge on any atom is 0.267 e. The molecule has 2 aliphatic rings. The molecule has 4 N–H and O–H groups in total. The van der Waals surface area contributed by atoms with Crippen LogP contribution in [0.3, 0.4) is 0 Å². The molecule has 3 heterocycles. The van der Waals surface area contributed by atoms with E-state index in [9.17, 15) is 4.79 Å². The Morgan fingerprint density at radius 3 is 2.97 bits per heavy atom. The van der Waals surface area contributed by atoms with E-state index in [4.69, 9.17) is 10.5 Å². The normalized spacial score (nSPS) is 25.7. The fraction of sp³-hybridized carbons (Fsp3) is 0.440. The number of hydrogen-bond acceptors (Lipinski definition) is 5. The Labute approximate surface area is 188 Å². The maximum atomic E-state index is 12.5. The molecule has 7 nitrogen and oxygen atoms in total. The number of para-hydroxylation sites is 1. The first-order valence-corrected chi connectivity index (χ1v) is 11.5. The summed E-state index contributed by atoms with van der Waals surface area (Å²) in [6.07, 6.45) is 4.14. The van der Waals surface area contributed by atoms with Gasteiger partial charge in [-0.3, -0.25) is 9.69 Å². The van der Waals surface area contributed by atoms with Crippen LogP contribution in [0.5, 0.6) is 0 Å². The van der Waals surface area contributed by atoms with Gasteiger partial charge in [0, 0.05) is 48.3 Å². The quantitative estimate of drug-likeness (QED) is 0.531. The molecule has 1 amide bonds. The monoisotopic (exact) mass is 433 g/mol. The van der Waals surface area contributed by atoms with Crippen molar-refractivity contribution in [1.82, 2.24) is 20.2 Å². The van der Waals surface area contributed by atoms with E-state index in [2.05, 4.69) is 27.1 Å². The SMILES string of the molecule is C[C@H]1CO[C@@H](c2ccc(N)nc2)CN1C[C@H]1C[C@H]1CCNC(=O)c1cc2ccccc2[nH]1. The van der Waals surface area contributed by atoms with Crippen molar-refractivity contribution in [3.05, 3.63) is 59.9 Å². The number of carbonyl (C=O) groups excluding carboxylic acids is 1. The van der Waals surface area contributed by atoms with Gasteiger partial charge in [0.25, 0.3) is 5.91 Å². The van der Waals surface area contributed by atoms with E-state index in [1.807, 2.05) is 48.7 Å². The van der Waals surface area contributed by atoms with Crippen molar-refractivity contribution in [2.75, 3.05) is 32.0 Å². The van der Waals surface area contributed by atoms with E-state index < -0.39 is 0 Å². The minimum Gasteiger partial charge on any atom is -0.384 e. The van der Waals surface area contributed by atoms with Crippen LogP contribution in [-0.4, -0.2) is 53.1 Å². The molecule has 1 saturated carbocycles. The molecule has 0 unspecified atom stereocenters. The van der Waals surface area contributed by atoms with Crippen molar-refractivity contribution in [2.24, 2.45) is 11.8 Å². The number of amides is 1. The van der Waals surface area contributed by atoms with Gasteiger partial charge in [-0.05, 0) is 49.8 Å². The highest BCUT2D eigenvalue weighted by Gasteiger charge is 2.39. The Morgan fingerprint density at radius 2 is 2.16 bits per heavy atom. The van der Waals surface area contributed by atoms with E-state index in [-0.39, 0.29) is 12.0 Å². The molecule has 7 heteroatoms. The third kappa shape index (κ3) is 4.64. The molecule has 3 aromatic rings. The van der Waals surface area contributed by atoms with Crippen LogP contribution in [0.2, 0.25) is 0 Å². The van der Waals surface area contributed by atoms with Gasteiger partial charge < -0.3 is 20.8 Å². The summed E-state index contributed by atoms with van der Waals surface area (Å²) in [7, 11) is 0. The fourth-order valence-corrected chi connectivity index (χ4v) is 4.72. The molecule has 168 valence electrons. The first kappa shape index (κ1) is 21.0. The van der Waals surface area contributed by atoms with Gasteiger partial charge in [-0.1, -0.05) is 24.3 Å². The van der Waals surface area contributed by atoms with Crippen LogP contribution in [0.15, 0.2) is 48.7 Å². The zero-order valence-electron chi connectivity index (χ0n) is 18.5. The Balaban J connectivity index is 1.07. The van der Waals surface area contributed by atoms with Crippen LogP contribution in [0.4, 0.5) is 5.82 Å². The first-order valence-electron chi connectivity index (χ1n) is 11.5. The van der Waals surface area contributed by atoms with Gasteiger partial charge in [0.1, 0.15) is 11.5 Å². The molecule has 1 aromatic carbocycles. The number of aromatic nitrogens is 2. The number of benzene rings is 1. The summed E-state index contributed by atoms with van der Waals surface area (Å²) in [6, 6.07) is 14.1. The molecule has 0 bridgehead atoms. The number of carbonyl (C=O) groups is 1. The molecular weight excluding hydrogens is 402 g/mol. The smallest absolute Gasteiger partial charge is 0.267 e. The summed E-state index contributed by atoms with van der Waals surface area (Å²) in [5.74, 6) is 1.89. The molecule has 2 aromatic heterocycles. The highest BCUT2D eigenvalue weighted by atomic mass is 16.5. The van der Waals surface area contributed by atoms with Crippen molar-refractivity contribution >= 4 is 22.6 Å². The zero-order valence-corrected chi connectivity index (χ0v) is 18.5. The second-order valence-electron chi connectivity index (χ2n) is 9.21. The molecule has 0 radical (unpaired) electrons. The molecule has 0 spiro atoms. The number of pyridine rings is 1. The van der Waals surface area contributed by atoms with E-state index in [0.717, 1.165) is 42.6 Å². The van der Waals surface area contributed by atoms with Gasteiger partial charge in [-0.15, -0.1) is 0 Å². The average Bonchev–Trinajstić information content (AvgIpc) is 3.38. The molecule has 1 aliphatic heterocycles. The maximum absolute atomic E-state index is 12.5. The van der Waals surface area contributed by atoms with Gasteiger partial charge in [0.05, 0.1) is 12.7 Å². The van der Waals surface area contributed by atoms with Gasteiger partial charge in [-0.2, -0.15) is 0 Å². The van der Waals surface area contributed by atoms with Gasteiger partial charge in [-0.25, -0.2) is 4.98 Å². The number of aromatic amines is 1. The van der Waals surface area contributed by atoms with E-state index in [1.165, 1.54) is 6.42 Å². The molecule has 5 rings (SSSR count). The summed E-state index contributed by atoms with van der Waals surface area (Å²) in [5, 5.41) is 4.14. The lowest BCUT2D eigenvalue weighted by Crippen LogP contribution is -2.46. The van der Waals surface area contributed by atoms with Crippen LogP contribution in [0.25, 0.3) is 10.9 Å². The number of anilines is 1. The number of morpholine rings is 1. The van der Waals surface area contributed by atoms with Crippen LogP contribution in [0.1, 0.15) is 41.9 Å². The number of nitrogens with one attached hydrogen (secondary N) is 2. The molecule has 1 saturated heterocycles. The highest BCUT2D eigenvalue weighted by molar-refractivity contribution is 5.97. The number of fused-ring (bicyclic) bond motifs is 1. The van der Waals surface area contributed by atoms with E-state index in [0.29, 0.717) is 35.9 Å². The second-order valence-corrected chi connectivity index (χ2v) is 9.21. The predicted octanol–water partition coefficient (Wildman–Crippen LogP) is 3.36. The van der Waals surface area contributed by atoms with Crippen molar-refractivity contribution in [3.8, 4) is 0 Å².